The number of benzene rings is 2. The molecule has 0 fully saturated rings. The first-order chi connectivity index (χ1) is 8.38. The summed E-state index contributed by atoms with van der Waals surface area (Å²) in [7, 11) is -3.33. The monoisotopic (exact) mass is 300 g/mol. The highest BCUT2D eigenvalue weighted by Crippen LogP contribution is 2.30. The molecule has 0 atom stereocenters. The first-order valence-electron chi connectivity index (χ1n) is 5.13. The lowest BCUT2D eigenvalue weighted by Crippen LogP contribution is -1.99. The molecule has 0 aliphatic rings. The standard InChI is InChI=1S/C13H10Cl2O2S/c1-18(16,17)13-8-11(15)6-7-12(13)9-2-4-10(14)5-3-9/h2-8H,1H3. The van der Waals surface area contributed by atoms with Gasteiger partial charge in [0.15, 0.2) is 9.84 Å². The Hall–Kier alpha value is -1.03. The van der Waals surface area contributed by atoms with Crippen LogP contribution >= 0.6 is 23.2 Å². The quantitative estimate of drug-likeness (QED) is 0.838. The molecule has 0 aromatic heterocycles. The smallest absolute Gasteiger partial charge is 0.176 e. The second kappa shape index (κ2) is 4.92. The second-order valence-corrected chi connectivity index (χ2v) is 6.78. The summed E-state index contributed by atoms with van der Waals surface area (Å²) in [6.07, 6.45) is 1.16. The van der Waals surface area contributed by atoms with Crippen LogP contribution in [0, 0.1) is 0 Å². The van der Waals surface area contributed by atoms with Crippen molar-refractivity contribution in [2.24, 2.45) is 0 Å². The van der Waals surface area contributed by atoms with Crippen LogP contribution in [0.2, 0.25) is 10.0 Å². The van der Waals surface area contributed by atoms with Crippen LogP contribution in [0.3, 0.4) is 0 Å². The van der Waals surface area contributed by atoms with Crippen LogP contribution in [-0.4, -0.2) is 14.7 Å². The maximum absolute atomic E-state index is 11.8. The lowest BCUT2D eigenvalue weighted by atomic mass is 10.1. The Morgan fingerprint density at radius 2 is 1.44 bits per heavy atom. The van der Waals surface area contributed by atoms with E-state index in [9.17, 15) is 8.42 Å². The van der Waals surface area contributed by atoms with Gasteiger partial charge in [0, 0.05) is 21.9 Å². The van der Waals surface area contributed by atoms with Gasteiger partial charge in [-0.15, -0.1) is 0 Å². The molecule has 0 saturated carbocycles. The van der Waals surface area contributed by atoms with Gasteiger partial charge in [-0.2, -0.15) is 0 Å². The summed E-state index contributed by atoms with van der Waals surface area (Å²) < 4.78 is 23.5. The van der Waals surface area contributed by atoms with E-state index in [1.165, 1.54) is 6.07 Å². The van der Waals surface area contributed by atoms with Crippen molar-refractivity contribution in [3.8, 4) is 11.1 Å². The minimum absolute atomic E-state index is 0.220. The molecule has 94 valence electrons. The molecule has 0 aliphatic heterocycles. The zero-order valence-corrected chi connectivity index (χ0v) is 11.9. The van der Waals surface area contributed by atoms with Crippen LogP contribution in [0.4, 0.5) is 0 Å². The van der Waals surface area contributed by atoms with E-state index >= 15 is 0 Å². The molecule has 2 nitrogen and oxygen atoms in total. The van der Waals surface area contributed by atoms with E-state index in [0.717, 1.165) is 11.8 Å². The maximum Gasteiger partial charge on any atom is 0.176 e. The molecule has 0 bridgehead atoms. The highest BCUT2D eigenvalue weighted by atomic mass is 35.5. The molecular weight excluding hydrogens is 291 g/mol. The molecule has 0 N–H and O–H groups in total. The van der Waals surface area contributed by atoms with Crippen molar-refractivity contribution in [2.45, 2.75) is 4.90 Å². The average Bonchev–Trinajstić information content (AvgIpc) is 2.29. The minimum Gasteiger partial charge on any atom is -0.224 e. The van der Waals surface area contributed by atoms with Crippen LogP contribution in [0.15, 0.2) is 47.4 Å². The van der Waals surface area contributed by atoms with Crippen LogP contribution in [0.1, 0.15) is 0 Å². The summed E-state index contributed by atoms with van der Waals surface area (Å²) in [6, 6.07) is 11.8. The maximum atomic E-state index is 11.8. The summed E-state index contributed by atoms with van der Waals surface area (Å²) in [5.74, 6) is 0. The zero-order valence-electron chi connectivity index (χ0n) is 9.52. The van der Waals surface area contributed by atoms with E-state index in [-0.39, 0.29) is 4.90 Å². The first kappa shape index (κ1) is 13.4. The predicted octanol–water partition coefficient (Wildman–Crippen LogP) is 4.06. The van der Waals surface area contributed by atoms with Gasteiger partial charge < -0.3 is 0 Å². The molecule has 0 aliphatic carbocycles. The Morgan fingerprint density at radius 1 is 0.889 bits per heavy atom. The van der Waals surface area contributed by atoms with Gasteiger partial charge in [0.1, 0.15) is 0 Å². The van der Waals surface area contributed by atoms with Gasteiger partial charge in [-0.05, 0) is 29.8 Å². The highest BCUT2D eigenvalue weighted by Gasteiger charge is 2.15. The third-order valence-corrected chi connectivity index (χ3v) is 4.12. The average molecular weight is 301 g/mol. The predicted molar refractivity (Wildman–Crippen MR) is 75.0 cm³/mol. The fourth-order valence-corrected chi connectivity index (χ4v) is 2.96. The first-order valence-corrected chi connectivity index (χ1v) is 7.78. The molecule has 0 spiro atoms. The van der Waals surface area contributed by atoms with Crippen molar-refractivity contribution in [3.05, 3.63) is 52.5 Å². The van der Waals surface area contributed by atoms with E-state index in [0.29, 0.717) is 15.6 Å². The SMILES string of the molecule is CS(=O)(=O)c1cc(Cl)ccc1-c1ccc(Cl)cc1. The van der Waals surface area contributed by atoms with E-state index in [4.69, 9.17) is 23.2 Å². The van der Waals surface area contributed by atoms with Crippen molar-refractivity contribution in [3.63, 3.8) is 0 Å². The van der Waals surface area contributed by atoms with Gasteiger partial charge >= 0.3 is 0 Å². The third kappa shape index (κ3) is 2.86. The van der Waals surface area contributed by atoms with Gasteiger partial charge in [-0.1, -0.05) is 41.4 Å². The lowest BCUT2D eigenvalue weighted by Gasteiger charge is -2.08. The fourth-order valence-electron chi connectivity index (χ4n) is 1.67. The molecule has 2 rings (SSSR count). The van der Waals surface area contributed by atoms with Crippen molar-refractivity contribution in [1.82, 2.24) is 0 Å². The van der Waals surface area contributed by atoms with Crippen LogP contribution in [0.5, 0.6) is 0 Å². The lowest BCUT2D eigenvalue weighted by molar-refractivity contribution is 0.602. The molecule has 2 aromatic carbocycles. The van der Waals surface area contributed by atoms with Gasteiger partial charge in [-0.25, -0.2) is 8.42 Å². The molecule has 0 unspecified atom stereocenters. The minimum atomic E-state index is -3.33. The summed E-state index contributed by atoms with van der Waals surface area (Å²) in [6.45, 7) is 0. The fraction of sp³-hybridized carbons (Fsp3) is 0.0769. The number of hydrogen-bond acceptors (Lipinski definition) is 2. The van der Waals surface area contributed by atoms with Gasteiger partial charge in [0.05, 0.1) is 4.90 Å². The van der Waals surface area contributed by atoms with E-state index in [2.05, 4.69) is 0 Å². The number of rotatable bonds is 2. The van der Waals surface area contributed by atoms with Gasteiger partial charge in [0.25, 0.3) is 0 Å². The van der Waals surface area contributed by atoms with Crippen molar-refractivity contribution < 1.29 is 8.42 Å². The largest absolute Gasteiger partial charge is 0.224 e. The Morgan fingerprint density at radius 3 is 2.00 bits per heavy atom. The van der Waals surface area contributed by atoms with Gasteiger partial charge in [-0.3, -0.25) is 0 Å². The molecule has 5 heteroatoms. The number of hydrogen-bond donors (Lipinski definition) is 0. The topological polar surface area (TPSA) is 34.1 Å². The Kier molecular flexibility index (Phi) is 3.66. The van der Waals surface area contributed by atoms with Crippen molar-refractivity contribution in [2.75, 3.05) is 6.26 Å². The molecule has 0 saturated heterocycles. The molecule has 0 heterocycles. The number of sulfone groups is 1. The van der Waals surface area contributed by atoms with Gasteiger partial charge in [0.2, 0.25) is 0 Å². The molecule has 0 amide bonds. The molecular formula is C13H10Cl2O2S. The van der Waals surface area contributed by atoms with E-state index < -0.39 is 9.84 Å². The van der Waals surface area contributed by atoms with Crippen LogP contribution in [0.25, 0.3) is 11.1 Å². The Bertz CT molecular complexity index is 677. The Labute approximate surface area is 116 Å². The van der Waals surface area contributed by atoms with Crippen molar-refractivity contribution >= 4 is 33.0 Å². The number of halogens is 2. The van der Waals surface area contributed by atoms with Crippen LogP contribution in [-0.2, 0) is 9.84 Å². The Balaban J connectivity index is 2.68. The summed E-state index contributed by atoms with van der Waals surface area (Å²) >= 11 is 11.7. The summed E-state index contributed by atoms with van der Waals surface area (Å²) in [5.41, 5.74) is 1.41. The molecule has 2 aromatic rings. The molecule has 18 heavy (non-hydrogen) atoms. The normalized spacial score (nSPS) is 11.5. The van der Waals surface area contributed by atoms with E-state index in [1.807, 2.05) is 0 Å². The van der Waals surface area contributed by atoms with E-state index in [1.54, 1.807) is 36.4 Å². The third-order valence-electron chi connectivity index (χ3n) is 2.50. The summed E-state index contributed by atoms with van der Waals surface area (Å²) in [4.78, 5) is 0.220. The van der Waals surface area contributed by atoms with Crippen LogP contribution < -0.4 is 0 Å². The molecule has 0 radical (unpaired) electrons. The second-order valence-electron chi connectivity index (χ2n) is 3.92. The summed E-state index contributed by atoms with van der Waals surface area (Å²) in [5, 5.41) is 1.00. The van der Waals surface area contributed by atoms with Crippen molar-refractivity contribution in [1.29, 1.82) is 0 Å². The zero-order chi connectivity index (χ0) is 13.3. The highest BCUT2D eigenvalue weighted by molar-refractivity contribution is 7.90.